The Morgan fingerprint density at radius 2 is 2.17 bits per heavy atom. The Bertz CT molecular complexity index is 532. The predicted molar refractivity (Wildman–Crippen MR) is 76.3 cm³/mol. The molecule has 0 amide bonds. The Morgan fingerprint density at radius 3 is 2.72 bits per heavy atom. The van der Waals surface area contributed by atoms with Gasteiger partial charge in [0.25, 0.3) is 0 Å². The minimum atomic E-state index is 0.656. The molecule has 18 heavy (non-hydrogen) atoms. The molecular weight excluding hydrogens is 246 g/mol. The molecule has 4 nitrogen and oxygen atoms in total. The molecule has 0 saturated heterocycles. The van der Waals surface area contributed by atoms with Gasteiger partial charge in [-0.05, 0) is 31.5 Å². The number of aromatic nitrogens is 1. The minimum absolute atomic E-state index is 0.656. The fourth-order valence-electron chi connectivity index (χ4n) is 1.62. The summed E-state index contributed by atoms with van der Waals surface area (Å²) in [5.74, 6) is 0.708. The van der Waals surface area contributed by atoms with Gasteiger partial charge in [-0.3, -0.25) is 0 Å². The van der Waals surface area contributed by atoms with Crippen LogP contribution in [0.1, 0.15) is 16.1 Å². The highest BCUT2D eigenvalue weighted by Crippen LogP contribution is 2.24. The standard InChI is InChI=1S/C13H17N3OS/c1-8-9(2)18-13(16-8)15-7-10-4-5-12(17-3)11(14)6-10/h4-6H,7,14H2,1-3H3,(H,15,16). The molecule has 0 saturated carbocycles. The Hall–Kier alpha value is -1.75. The van der Waals surface area contributed by atoms with E-state index >= 15 is 0 Å². The lowest BCUT2D eigenvalue weighted by Gasteiger charge is -2.07. The summed E-state index contributed by atoms with van der Waals surface area (Å²) in [7, 11) is 1.62. The topological polar surface area (TPSA) is 60.2 Å². The van der Waals surface area contributed by atoms with Gasteiger partial charge in [0, 0.05) is 11.4 Å². The Morgan fingerprint density at radius 1 is 1.39 bits per heavy atom. The molecule has 0 aliphatic carbocycles. The number of thiazole rings is 1. The molecule has 0 radical (unpaired) electrons. The van der Waals surface area contributed by atoms with Crippen molar-refractivity contribution in [3.8, 4) is 5.75 Å². The first kappa shape index (κ1) is 12.7. The number of benzene rings is 1. The monoisotopic (exact) mass is 263 g/mol. The van der Waals surface area contributed by atoms with Crippen molar-refractivity contribution >= 4 is 22.2 Å². The van der Waals surface area contributed by atoms with Crippen LogP contribution in [0.3, 0.4) is 0 Å². The summed E-state index contributed by atoms with van der Waals surface area (Å²) >= 11 is 1.67. The van der Waals surface area contributed by atoms with E-state index in [0.717, 1.165) is 16.4 Å². The predicted octanol–water partition coefficient (Wildman–Crippen LogP) is 2.96. The van der Waals surface area contributed by atoms with Gasteiger partial charge in [-0.2, -0.15) is 0 Å². The highest BCUT2D eigenvalue weighted by molar-refractivity contribution is 7.15. The molecule has 0 bridgehead atoms. The fraction of sp³-hybridized carbons (Fsp3) is 0.308. The minimum Gasteiger partial charge on any atom is -0.495 e. The smallest absolute Gasteiger partial charge is 0.183 e. The summed E-state index contributed by atoms with van der Waals surface area (Å²) < 4.78 is 5.13. The number of ether oxygens (including phenoxy) is 1. The van der Waals surface area contributed by atoms with Gasteiger partial charge in [-0.1, -0.05) is 6.07 Å². The zero-order valence-corrected chi connectivity index (χ0v) is 11.6. The molecule has 1 aromatic heterocycles. The second-order valence-electron chi connectivity index (χ2n) is 4.09. The van der Waals surface area contributed by atoms with E-state index < -0.39 is 0 Å². The Balaban J connectivity index is 2.04. The zero-order valence-electron chi connectivity index (χ0n) is 10.8. The number of hydrogen-bond donors (Lipinski definition) is 2. The number of nitrogens with zero attached hydrogens (tertiary/aromatic N) is 1. The first-order valence-corrected chi connectivity index (χ1v) is 6.52. The van der Waals surface area contributed by atoms with Gasteiger partial charge in [-0.25, -0.2) is 4.98 Å². The number of nitrogens with two attached hydrogens (primary N) is 1. The van der Waals surface area contributed by atoms with Crippen LogP contribution in [0.2, 0.25) is 0 Å². The third kappa shape index (κ3) is 2.73. The van der Waals surface area contributed by atoms with Gasteiger partial charge in [0.15, 0.2) is 5.13 Å². The third-order valence-electron chi connectivity index (χ3n) is 2.77. The van der Waals surface area contributed by atoms with Crippen LogP contribution in [0.25, 0.3) is 0 Å². The number of methoxy groups -OCH3 is 1. The maximum atomic E-state index is 5.86. The van der Waals surface area contributed by atoms with Crippen LogP contribution in [0, 0.1) is 13.8 Å². The number of nitrogens with one attached hydrogen (secondary N) is 1. The molecule has 2 rings (SSSR count). The van der Waals surface area contributed by atoms with Crippen LogP contribution in [0.15, 0.2) is 18.2 Å². The van der Waals surface area contributed by atoms with Gasteiger partial charge < -0.3 is 15.8 Å². The second-order valence-corrected chi connectivity index (χ2v) is 5.29. The number of rotatable bonds is 4. The quantitative estimate of drug-likeness (QED) is 0.833. The first-order valence-electron chi connectivity index (χ1n) is 5.70. The third-order valence-corrected chi connectivity index (χ3v) is 3.80. The van der Waals surface area contributed by atoms with E-state index in [2.05, 4.69) is 17.2 Å². The highest BCUT2D eigenvalue weighted by Gasteiger charge is 2.04. The van der Waals surface area contributed by atoms with E-state index in [-0.39, 0.29) is 0 Å². The summed E-state index contributed by atoms with van der Waals surface area (Å²) in [6.45, 7) is 4.80. The van der Waals surface area contributed by atoms with E-state index in [1.165, 1.54) is 4.88 Å². The molecule has 0 unspecified atom stereocenters. The van der Waals surface area contributed by atoms with Crippen molar-refractivity contribution in [3.05, 3.63) is 34.3 Å². The van der Waals surface area contributed by atoms with E-state index in [0.29, 0.717) is 18.0 Å². The average molecular weight is 263 g/mol. The number of anilines is 2. The molecule has 1 aromatic carbocycles. The summed E-state index contributed by atoms with van der Waals surface area (Å²) in [6, 6.07) is 5.79. The van der Waals surface area contributed by atoms with Gasteiger partial charge >= 0.3 is 0 Å². The molecule has 5 heteroatoms. The van der Waals surface area contributed by atoms with Gasteiger partial charge in [0.2, 0.25) is 0 Å². The van der Waals surface area contributed by atoms with Crippen LogP contribution in [-0.2, 0) is 6.54 Å². The number of hydrogen-bond acceptors (Lipinski definition) is 5. The van der Waals surface area contributed by atoms with Crippen LogP contribution >= 0.6 is 11.3 Å². The fourth-order valence-corrected chi connectivity index (χ4v) is 2.43. The average Bonchev–Trinajstić information content (AvgIpc) is 2.66. The summed E-state index contributed by atoms with van der Waals surface area (Å²) in [6.07, 6.45) is 0. The maximum Gasteiger partial charge on any atom is 0.183 e. The lowest BCUT2D eigenvalue weighted by atomic mass is 10.2. The van der Waals surface area contributed by atoms with E-state index in [1.54, 1.807) is 18.4 Å². The van der Waals surface area contributed by atoms with Crippen molar-refractivity contribution in [1.29, 1.82) is 0 Å². The van der Waals surface area contributed by atoms with Gasteiger partial charge in [0.05, 0.1) is 18.5 Å². The lowest BCUT2D eigenvalue weighted by Crippen LogP contribution is -2.00. The molecule has 1 heterocycles. The van der Waals surface area contributed by atoms with Crippen LogP contribution < -0.4 is 15.8 Å². The Labute approximate surface area is 111 Å². The highest BCUT2D eigenvalue weighted by atomic mass is 32.1. The van der Waals surface area contributed by atoms with Crippen molar-refractivity contribution in [1.82, 2.24) is 4.98 Å². The normalized spacial score (nSPS) is 10.4. The first-order chi connectivity index (χ1) is 8.60. The SMILES string of the molecule is COc1ccc(CNc2nc(C)c(C)s2)cc1N. The molecule has 0 aliphatic heterocycles. The lowest BCUT2D eigenvalue weighted by molar-refractivity contribution is 0.417. The van der Waals surface area contributed by atoms with Crippen molar-refractivity contribution in [2.45, 2.75) is 20.4 Å². The van der Waals surface area contributed by atoms with Crippen molar-refractivity contribution in [3.63, 3.8) is 0 Å². The van der Waals surface area contributed by atoms with Crippen LogP contribution in [0.5, 0.6) is 5.75 Å². The van der Waals surface area contributed by atoms with E-state index in [9.17, 15) is 0 Å². The van der Waals surface area contributed by atoms with Gasteiger partial charge in [0.1, 0.15) is 5.75 Å². The maximum absolute atomic E-state index is 5.86. The number of aryl methyl sites for hydroxylation is 2. The van der Waals surface area contributed by atoms with Crippen LogP contribution in [0.4, 0.5) is 10.8 Å². The molecular formula is C13H17N3OS. The zero-order chi connectivity index (χ0) is 13.1. The van der Waals surface area contributed by atoms with Crippen molar-refractivity contribution in [2.24, 2.45) is 0 Å². The molecule has 0 aliphatic rings. The molecule has 2 aromatic rings. The largest absolute Gasteiger partial charge is 0.495 e. The second kappa shape index (κ2) is 5.27. The van der Waals surface area contributed by atoms with E-state index in [1.807, 2.05) is 25.1 Å². The summed E-state index contributed by atoms with van der Waals surface area (Å²) in [5.41, 5.74) is 8.71. The van der Waals surface area contributed by atoms with Crippen molar-refractivity contribution in [2.75, 3.05) is 18.2 Å². The molecule has 3 N–H and O–H groups in total. The van der Waals surface area contributed by atoms with E-state index in [4.69, 9.17) is 10.5 Å². The molecule has 96 valence electrons. The molecule has 0 fully saturated rings. The summed E-state index contributed by atoms with van der Waals surface area (Å²) in [4.78, 5) is 5.68. The van der Waals surface area contributed by atoms with Crippen molar-refractivity contribution < 1.29 is 4.74 Å². The Kier molecular flexibility index (Phi) is 3.72. The molecule has 0 atom stereocenters. The molecule has 0 spiro atoms. The number of nitrogen functional groups attached to an aromatic ring is 1. The summed E-state index contributed by atoms with van der Waals surface area (Å²) in [5, 5.41) is 4.24. The van der Waals surface area contributed by atoms with Gasteiger partial charge in [-0.15, -0.1) is 11.3 Å². The van der Waals surface area contributed by atoms with Crippen LogP contribution in [-0.4, -0.2) is 12.1 Å².